The zero-order valence-electron chi connectivity index (χ0n) is 11.5. The predicted octanol–water partition coefficient (Wildman–Crippen LogP) is 3.53. The van der Waals surface area contributed by atoms with E-state index in [9.17, 15) is 13.2 Å². The summed E-state index contributed by atoms with van der Waals surface area (Å²) in [7, 11) is 0. The molecule has 1 aromatic heterocycles. The van der Waals surface area contributed by atoms with Crippen LogP contribution in [0.3, 0.4) is 0 Å². The van der Waals surface area contributed by atoms with E-state index < -0.39 is 11.7 Å². The summed E-state index contributed by atoms with van der Waals surface area (Å²) in [4.78, 5) is 0. The molecule has 20 heavy (non-hydrogen) atoms. The van der Waals surface area contributed by atoms with Gasteiger partial charge < -0.3 is 5.73 Å². The second kappa shape index (κ2) is 4.94. The Bertz CT molecular complexity index is 610. The molecule has 0 amide bonds. The summed E-state index contributed by atoms with van der Waals surface area (Å²) in [6.45, 7) is 5.55. The zero-order valence-corrected chi connectivity index (χ0v) is 11.5. The second-order valence-corrected chi connectivity index (χ2v) is 4.83. The van der Waals surface area contributed by atoms with Crippen molar-refractivity contribution in [1.82, 2.24) is 9.78 Å². The van der Waals surface area contributed by atoms with Gasteiger partial charge in [-0.3, -0.25) is 0 Å². The van der Waals surface area contributed by atoms with Gasteiger partial charge in [0.05, 0.1) is 16.9 Å². The van der Waals surface area contributed by atoms with Crippen molar-refractivity contribution in [2.75, 3.05) is 0 Å². The smallest absolute Gasteiger partial charge is 0.324 e. The third kappa shape index (κ3) is 2.56. The molecule has 3 nitrogen and oxygen atoms in total. The van der Waals surface area contributed by atoms with Crippen molar-refractivity contribution >= 4 is 0 Å². The number of hydrogen-bond acceptors (Lipinski definition) is 2. The van der Waals surface area contributed by atoms with Gasteiger partial charge in [0, 0.05) is 17.3 Å². The van der Waals surface area contributed by atoms with Gasteiger partial charge in [0.2, 0.25) is 0 Å². The first-order valence-electron chi connectivity index (χ1n) is 6.21. The minimum Gasteiger partial charge on any atom is -0.324 e. The monoisotopic (exact) mass is 283 g/mol. The Morgan fingerprint density at radius 2 is 1.70 bits per heavy atom. The number of benzene rings is 1. The fourth-order valence-electron chi connectivity index (χ4n) is 2.36. The van der Waals surface area contributed by atoms with Crippen LogP contribution in [-0.2, 0) is 6.18 Å². The van der Waals surface area contributed by atoms with Crippen LogP contribution in [0.4, 0.5) is 13.2 Å². The molecule has 1 aromatic carbocycles. The van der Waals surface area contributed by atoms with Gasteiger partial charge in [0.25, 0.3) is 0 Å². The number of nitrogens with zero attached hydrogens (tertiary/aromatic N) is 2. The highest BCUT2D eigenvalue weighted by Gasteiger charge is 2.30. The number of rotatable bonds is 2. The number of aromatic nitrogens is 2. The number of halogens is 3. The number of hydrogen-bond donors (Lipinski definition) is 1. The van der Waals surface area contributed by atoms with Crippen LogP contribution in [0, 0.1) is 13.8 Å². The molecule has 0 aliphatic heterocycles. The third-order valence-corrected chi connectivity index (χ3v) is 3.24. The van der Waals surface area contributed by atoms with Crippen LogP contribution >= 0.6 is 0 Å². The Hall–Kier alpha value is -1.82. The molecule has 6 heteroatoms. The molecular weight excluding hydrogens is 267 g/mol. The Kier molecular flexibility index (Phi) is 3.60. The molecule has 1 atom stereocenters. The molecule has 0 fully saturated rings. The maximum absolute atomic E-state index is 12.5. The average Bonchev–Trinajstić information content (AvgIpc) is 2.64. The highest BCUT2D eigenvalue weighted by atomic mass is 19.4. The van der Waals surface area contributed by atoms with E-state index in [1.807, 2.05) is 20.8 Å². The Morgan fingerprint density at radius 1 is 1.15 bits per heavy atom. The minimum atomic E-state index is -4.33. The van der Waals surface area contributed by atoms with E-state index >= 15 is 0 Å². The summed E-state index contributed by atoms with van der Waals surface area (Å²) < 4.78 is 39.2. The normalized spacial score (nSPS) is 13.6. The fraction of sp³-hybridized carbons (Fsp3) is 0.357. The van der Waals surface area contributed by atoms with Gasteiger partial charge in [0.1, 0.15) is 0 Å². The molecule has 108 valence electrons. The van der Waals surface area contributed by atoms with Crippen molar-refractivity contribution in [3.8, 4) is 5.69 Å². The van der Waals surface area contributed by atoms with Gasteiger partial charge in [-0.2, -0.15) is 18.3 Å². The van der Waals surface area contributed by atoms with Crippen LogP contribution in [0.15, 0.2) is 24.3 Å². The van der Waals surface area contributed by atoms with Crippen molar-refractivity contribution in [3.63, 3.8) is 0 Å². The van der Waals surface area contributed by atoms with E-state index in [2.05, 4.69) is 5.10 Å². The van der Waals surface area contributed by atoms with Gasteiger partial charge in [-0.1, -0.05) is 0 Å². The zero-order chi connectivity index (χ0) is 15.1. The van der Waals surface area contributed by atoms with E-state index in [0.29, 0.717) is 5.69 Å². The molecular formula is C14H16F3N3. The minimum absolute atomic E-state index is 0.168. The third-order valence-electron chi connectivity index (χ3n) is 3.24. The fourth-order valence-corrected chi connectivity index (χ4v) is 2.36. The molecule has 1 unspecified atom stereocenters. The lowest BCUT2D eigenvalue weighted by atomic mass is 10.1. The molecule has 2 N–H and O–H groups in total. The van der Waals surface area contributed by atoms with Crippen molar-refractivity contribution in [2.45, 2.75) is 33.0 Å². The molecule has 0 saturated carbocycles. The number of nitrogens with two attached hydrogens (primary N) is 1. The average molecular weight is 283 g/mol. The first kappa shape index (κ1) is 14.6. The predicted molar refractivity (Wildman–Crippen MR) is 70.6 cm³/mol. The molecule has 0 aliphatic carbocycles. The molecule has 0 saturated heterocycles. The van der Waals surface area contributed by atoms with E-state index in [1.54, 1.807) is 4.68 Å². The Balaban J connectivity index is 2.45. The van der Waals surface area contributed by atoms with Crippen LogP contribution in [-0.4, -0.2) is 9.78 Å². The van der Waals surface area contributed by atoms with Gasteiger partial charge in [-0.05, 0) is 45.0 Å². The lowest BCUT2D eigenvalue weighted by Gasteiger charge is -2.10. The number of alkyl halides is 3. The van der Waals surface area contributed by atoms with Crippen LogP contribution in [0.5, 0.6) is 0 Å². The quantitative estimate of drug-likeness (QED) is 0.916. The van der Waals surface area contributed by atoms with Crippen molar-refractivity contribution in [1.29, 1.82) is 0 Å². The van der Waals surface area contributed by atoms with E-state index in [4.69, 9.17) is 5.73 Å². The van der Waals surface area contributed by atoms with Gasteiger partial charge >= 0.3 is 6.18 Å². The molecule has 1 heterocycles. The lowest BCUT2D eigenvalue weighted by Crippen LogP contribution is -2.08. The van der Waals surface area contributed by atoms with Crippen LogP contribution < -0.4 is 5.73 Å². The summed E-state index contributed by atoms with van der Waals surface area (Å²) in [6.07, 6.45) is -4.33. The maximum Gasteiger partial charge on any atom is 0.416 e. The van der Waals surface area contributed by atoms with Gasteiger partial charge in [0.15, 0.2) is 0 Å². The first-order valence-corrected chi connectivity index (χ1v) is 6.21. The van der Waals surface area contributed by atoms with E-state index in [1.165, 1.54) is 12.1 Å². The Morgan fingerprint density at radius 3 is 2.10 bits per heavy atom. The molecule has 2 rings (SSSR count). The van der Waals surface area contributed by atoms with Crippen LogP contribution in [0.25, 0.3) is 5.69 Å². The molecule has 0 aliphatic rings. The number of aryl methyl sites for hydroxylation is 1. The summed E-state index contributed by atoms with van der Waals surface area (Å²) >= 11 is 0. The summed E-state index contributed by atoms with van der Waals surface area (Å²) in [5, 5.41) is 4.35. The van der Waals surface area contributed by atoms with Crippen LogP contribution in [0.1, 0.15) is 35.5 Å². The maximum atomic E-state index is 12.5. The van der Waals surface area contributed by atoms with Crippen LogP contribution in [0.2, 0.25) is 0 Å². The molecule has 0 spiro atoms. The van der Waals surface area contributed by atoms with Gasteiger partial charge in [-0.15, -0.1) is 0 Å². The highest BCUT2D eigenvalue weighted by Crippen LogP contribution is 2.30. The second-order valence-electron chi connectivity index (χ2n) is 4.83. The van der Waals surface area contributed by atoms with Crippen molar-refractivity contribution in [3.05, 3.63) is 46.8 Å². The molecule has 0 radical (unpaired) electrons. The van der Waals surface area contributed by atoms with Gasteiger partial charge in [-0.25, -0.2) is 4.68 Å². The van der Waals surface area contributed by atoms with Crippen molar-refractivity contribution < 1.29 is 13.2 Å². The SMILES string of the molecule is Cc1nn(-c2ccc(C(F)(F)F)cc2)c(C)c1C(C)N. The largest absolute Gasteiger partial charge is 0.416 e. The van der Waals surface area contributed by atoms with Crippen molar-refractivity contribution in [2.24, 2.45) is 5.73 Å². The Labute approximate surface area is 115 Å². The standard InChI is InChI=1S/C14H16F3N3/c1-8(18)13-9(2)19-20(10(13)3)12-6-4-11(5-7-12)14(15,16)17/h4-8H,18H2,1-3H3. The summed E-state index contributed by atoms with van der Waals surface area (Å²) in [6, 6.07) is 4.76. The summed E-state index contributed by atoms with van der Waals surface area (Å²) in [5.74, 6) is 0. The van der Waals surface area contributed by atoms with E-state index in [0.717, 1.165) is 29.1 Å². The lowest BCUT2D eigenvalue weighted by molar-refractivity contribution is -0.137. The van der Waals surface area contributed by atoms with E-state index in [-0.39, 0.29) is 6.04 Å². The topological polar surface area (TPSA) is 43.8 Å². The molecule has 2 aromatic rings. The summed E-state index contributed by atoms with van der Waals surface area (Å²) in [5.41, 5.74) is 8.36. The molecule has 0 bridgehead atoms. The first-order chi connectivity index (χ1) is 9.21. The highest BCUT2D eigenvalue weighted by molar-refractivity contribution is 5.40.